The van der Waals surface area contributed by atoms with Gasteiger partial charge in [-0.25, -0.2) is 13.2 Å². The molecule has 2 heterocycles. The number of hydrogen-bond donors (Lipinski definition) is 0. The molecule has 3 aromatic rings. The number of ether oxygens (including phenoxy) is 2. The highest BCUT2D eigenvalue weighted by Gasteiger charge is 2.35. The monoisotopic (exact) mass is 499 g/mol. The van der Waals surface area contributed by atoms with E-state index in [9.17, 15) is 18.0 Å². The number of rotatable bonds is 9. The third kappa shape index (κ3) is 6.03. The number of para-hydroxylation sites is 2. The van der Waals surface area contributed by atoms with Gasteiger partial charge in [0.15, 0.2) is 16.4 Å². The summed E-state index contributed by atoms with van der Waals surface area (Å²) in [4.78, 5) is 27.5. The van der Waals surface area contributed by atoms with Crippen molar-refractivity contribution >= 4 is 32.7 Å². The Balaban J connectivity index is 1.49. The van der Waals surface area contributed by atoms with Crippen molar-refractivity contribution < 1.29 is 31.9 Å². The topological polar surface area (TPSA) is 103 Å². The Kier molecular flexibility index (Phi) is 7.45. The molecule has 1 fully saturated rings. The average molecular weight is 500 g/mol. The number of fused-ring (bicyclic) bond motifs is 1. The van der Waals surface area contributed by atoms with Gasteiger partial charge in [-0.2, -0.15) is 0 Å². The molecule has 9 heteroatoms. The molecule has 1 amide bonds. The zero-order chi connectivity index (χ0) is 25.0. The summed E-state index contributed by atoms with van der Waals surface area (Å²) in [5, 5.41) is 0.722. The minimum atomic E-state index is -3.16. The third-order valence-corrected chi connectivity index (χ3v) is 7.62. The van der Waals surface area contributed by atoms with Crippen molar-refractivity contribution in [3.63, 3.8) is 0 Å². The number of nitrogens with zero attached hydrogens (tertiary/aromatic N) is 1. The molecule has 0 radical (unpaired) electrons. The maximum Gasteiger partial charge on any atom is 0.375 e. The zero-order valence-electron chi connectivity index (χ0n) is 19.8. The maximum atomic E-state index is 13.0. The second-order valence-corrected chi connectivity index (χ2v) is 11.3. The highest BCUT2D eigenvalue weighted by atomic mass is 32.2. The molecule has 8 nitrogen and oxygen atoms in total. The van der Waals surface area contributed by atoms with Crippen LogP contribution in [0.4, 0.5) is 0 Å². The summed E-state index contributed by atoms with van der Waals surface area (Å²) in [7, 11) is -3.16. The molecule has 0 N–H and O–H groups in total. The summed E-state index contributed by atoms with van der Waals surface area (Å²) in [6, 6.07) is 16.0. The van der Waals surface area contributed by atoms with E-state index in [1.807, 2.05) is 56.3 Å². The Labute approximate surface area is 204 Å². The standard InChI is InChI=1S/C26H29NO7S/c1-18(2)14-27(19-12-13-35(30,31)17-19)24(28)16-33-26(29)25-22(15-32-20-8-4-3-5-9-20)21-10-6-7-11-23(21)34-25/h3-11,18-19H,12-17H2,1-2H3. The van der Waals surface area contributed by atoms with Crippen molar-refractivity contribution in [3.8, 4) is 5.75 Å². The van der Waals surface area contributed by atoms with Crippen molar-refractivity contribution in [1.82, 2.24) is 4.90 Å². The second kappa shape index (κ2) is 10.5. The molecule has 1 aliphatic heterocycles. The second-order valence-electron chi connectivity index (χ2n) is 9.08. The highest BCUT2D eigenvalue weighted by molar-refractivity contribution is 7.91. The molecule has 0 saturated carbocycles. The summed E-state index contributed by atoms with van der Waals surface area (Å²) in [5.41, 5.74) is 1.04. The highest BCUT2D eigenvalue weighted by Crippen LogP contribution is 2.28. The van der Waals surface area contributed by atoms with Gasteiger partial charge in [-0.15, -0.1) is 0 Å². The zero-order valence-corrected chi connectivity index (χ0v) is 20.6. The largest absolute Gasteiger partial charge is 0.489 e. The fourth-order valence-electron chi connectivity index (χ4n) is 4.22. The van der Waals surface area contributed by atoms with Gasteiger partial charge in [-0.05, 0) is 30.5 Å². The Morgan fingerprint density at radius 3 is 2.49 bits per heavy atom. The lowest BCUT2D eigenvalue weighted by Gasteiger charge is -2.29. The van der Waals surface area contributed by atoms with Crippen molar-refractivity contribution in [2.75, 3.05) is 24.7 Å². The summed E-state index contributed by atoms with van der Waals surface area (Å²) >= 11 is 0. The molecule has 2 aromatic carbocycles. The van der Waals surface area contributed by atoms with Gasteiger partial charge in [0, 0.05) is 18.0 Å². The molecule has 1 saturated heterocycles. The van der Waals surface area contributed by atoms with Crippen LogP contribution in [0, 0.1) is 5.92 Å². The van der Waals surface area contributed by atoms with Gasteiger partial charge < -0.3 is 18.8 Å². The minimum absolute atomic E-state index is 0.0196. The molecule has 1 atom stereocenters. The van der Waals surface area contributed by atoms with Crippen LogP contribution >= 0.6 is 0 Å². The Morgan fingerprint density at radius 1 is 1.09 bits per heavy atom. The van der Waals surface area contributed by atoms with Crippen molar-refractivity contribution in [2.45, 2.75) is 32.9 Å². The van der Waals surface area contributed by atoms with Crippen LogP contribution in [-0.4, -0.2) is 55.9 Å². The number of carbonyl (C=O) groups excluding carboxylic acids is 2. The Bertz CT molecular complexity index is 1300. The van der Waals surface area contributed by atoms with Crippen LogP contribution in [0.25, 0.3) is 11.0 Å². The van der Waals surface area contributed by atoms with Crippen LogP contribution in [0.1, 0.15) is 36.4 Å². The van der Waals surface area contributed by atoms with E-state index in [-0.39, 0.29) is 29.8 Å². The number of sulfone groups is 1. The van der Waals surface area contributed by atoms with Crippen LogP contribution in [0.5, 0.6) is 5.75 Å². The summed E-state index contributed by atoms with van der Waals surface area (Å²) < 4.78 is 40.9. The van der Waals surface area contributed by atoms with Gasteiger partial charge in [0.1, 0.15) is 17.9 Å². The molecule has 1 aromatic heterocycles. The first-order valence-corrected chi connectivity index (χ1v) is 13.4. The quantitative estimate of drug-likeness (QED) is 0.412. The summed E-state index contributed by atoms with van der Waals surface area (Å²) in [5.74, 6) is -0.448. The van der Waals surface area contributed by atoms with Gasteiger partial charge in [-0.1, -0.05) is 50.2 Å². The molecule has 0 bridgehead atoms. The van der Waals surface area contributed by atoms with Crippen molar-refractivity contribution in [2.24, 2.45) is 5.92 Å². The predicted molar refractivity (Wildman–Crippen MR) is 131 cm³/mol. The van der Waals surface area contributed by atoms with Crippen LogP contribution in [0.3, 0.4) is 0 Å². The number of carbonyl (C=O) groups is 2. The Morgan fingerprint density at radius 2 is 1.80 bits per heavy atom. The number of benzene rings is 2. The van der Waals surface area contributed by atoms with E-state index in [0.29, 0.717) is 29.9 Å². The molecule has 4 rings (SSSR count). The minimum Gasteiger partial charge on any atom is -0.489 e. The predicted octanol–water partition coefficient (Wildman–Crippen LogP) is 3.84. The smallest absolute Gasteiger partial charge is 0.375 e. The van der Waals surface area contributed by atoms with E-state index in [0.717, 1.165) is 5.39 Å². The van der Waals surface area contributed by atoms with Crippen molar-refractivity contribution in [1.29, 1.82) is 0 Å². The molecule has 1 unspecified atom stereocenters. The van der Waals surface area contributed by atoms with E-state index < -0.39 is 34.4 Å². The van der Waals surface area contributed by atoms with E-state index in [1.165, 1.54) is 4.90 Å². The van der Waals surface area contributed by atoms with Gasteiger partial charge in [0.05, 0.1) is 17.1 Å². The molecular formula is C26H29NO7S. The van der Waals surface area contributed by atoms with E-state index in [1.54, 1.807) is 12.1 Å². The average Bonchev–Trinajstić information content (AvgIpc) is 3.39. The summed E-state index contributed by atoms with van der Waals surface area (Å²) in [6.07, 6.45) is 0.388. The van der Waals surface area contributed by atoms with Crippen LogP contribution in [0.15, 0.2) is 59.0 Å². The van der Waals surface area contributed by atoms with Gasteiger partial charge in [0.2, 0.25) is 5.76 Å². The van der Waals surface area contributed by atoms with Gasteiger partial charge >= 0.3 is 5.97 Å². The molecular weight excluding hydrogens is 470 g/mol. The normalized spacial score (nSPS) is 16.9. The lowest BCUT2D eigenvalue weighted by molar-refractivity contribution is -0.137. The number of esters is 1. The first kappa shape index (κ1) is 24.8. The molecule has 0 aliphatic carbocycles. The first-order chi connectivity index (χ1) is 16.7. The van der Waals surface area contributed by atoms with E-state index in [2.05, 4.69) is 0 Å². The Hall–Kier alpha value is -3.33. The lowest BCUT2D eigenvalue weighted by Crippen LogP contribution is -2.45. The third-order valence-electron chi connectivity index (χ3n) is 5.87. The first-order valence-electron chi connectivity index (χ1n) is 11.6. The number of furan rings is 1. The lowest BCUT2D eigenvalue weighted by atomic mass is 10.1. The maximum absolute atomic E-state index is 13.0. The number of amides is 1. The van der Waals surface area contributed by atoms with Gasteiger partial charge in [0.25, 0.3) is 5.91 Å². The molecule has 186 valence electrons. The SMILES string of the molecule is CC(C)CN(C(=O)COC(=O)c1oc2ccccc2c1COc1ccccc1)C1CCS(=O)(=O)C1. The number of hydrogen-bond acceptors (Lipinski definition) is 7. The summed E-state index contributed by atoms with van der Waals surface area (Å²) in [6.45, 7) is 3.86. The van der Waals surface area contributed by atoms with Crippen LogP contribution in [0.2, 0.25) is 0 Å². The molecule has 35 heavy (non-hydrogen) atoms. The fraction of sp³-hybridized carbons (Fsp3) is 0.385. The molecule has 0 spiro atoms. The van der Waals surface area contributed by atoms with Crippen LogP contribution in [-0.2, 0) is 26.0 Å². The van der Waals surface area contributed by atoms with Crippen LogP contribution < -0.4 is 4.74 Å². The van der Waals surface area contributed by atoms with E-state index >= 15 is 0 Å². The van der Waals surface area contributed by atoms with Crippen molar-refractivity contribution in [3.05, 3.63) is 65.9 Å². The van der Waals surface area contributed by atoms with Gasteiger partial charge in [-0.3, -0.25) is 4.79 Å². The molecule has 1 aliphatic rings. The van der Waals surface area contributed by atoms with E-state index in [4.69, 9.17) is 13.9 Å². The fourth-order valence-corrected chi connectivity index (χ4v) is 5.95.